The lowest BCUT2D eigenvalue weighted by Gasteiger charge is -2.30. The van der Waals surface area contributed by atoms with Crippen molar-refractivity contribution in [2.24, 2.45) is 0 Å². The Morgan fingerprint density at radius 3 is 2.78 bits per heavy atom. The number of rotatable bonds is 2. The lowest BCUT2D eigenvalue weighted by Crippen LogP contribution is -2.37. The third kappa shape index (κ3) is 2.52. The molecule has 0 spiro atoms. The second-order valence-electron chi connectivity index (χ2n) is 6.05. The van der Waals surface area contributed by atoms with E-state index in [0.717, 1.165) is 35.4 Å². The molecule has 0 aliphatic carbocycles. The second-order valence-corrected chi connectivity index (χ2v) is 6.05. The summed E-state index contributed by atoms with van der Waals surface area (Å²) in [5.74, 6) is 1.10. The Bertz CT molecular complexity index is 827. The highest BCUT2D eigenvalue weighted by Gasteiger charge is 2.28. The zero-order valence-electron chi connectivity index (χ0n) is 13.0. The van der Waals surface area contributed by atoms with Crippen LogP contribution in [0.2, 0.25) is 0 Å². The first-order valence-electron chi connectivity index (χ1n) is 7.90. The highest BCUT2D eigenvalue weighted by Crippen LogP contribution is 2.31. The number of piperidine rings is 1. The van der Waals surface area contributed by atoms with Crippen LogP contribution in [0.25, 0.3) is 11.1 Å². The van der Waals surface area contributed by atoms with Gasteiger partial charge in [-0.05, 0) is 37.5 Å². The van der Waals surface area contributed by atoms with E-state index in [-0.39, 0.29) is 11.8 Å². The van der Waals surface area contributed by atoms with Gasteiger partial charge in [0.05, 0.1) is 11.8 Å². The molecule has 1 amide bonds. The number of amides is 1. The van der Waals surface area contributed by atoms with Crippen LogP contribution in [0.5, 0.6) is 0 Å². The number of furan rings is 1. The fraction of sp³-hybridized carbons (Fsp3) is 0.333. The third-order valence-electron chi connectivity index (χ3n) is 4.53. The van der Waals surface area contributed by atoms with E-state index in [9.17, 15) is 4.79 Å². The van der Waals surface area contributed by atoms with Gasteiger partial charge in [-0.15, -0.1) is 0 Å². The number of nitrogens with zero attached hydrogens (tertiary/aromatic N) is 2. The largest absolute Gasteiger partial charge is 0.472 e. The van der Waals surface area contributed by atoms with Crippen LogP contribution in [0.1, 0.15) is 40.6 Å². The van der Waals surface area contributed by atoms with E-state index >= 15 is 0 Å². The van der Waals surface area contributed by atoms with E-state index in [1.54, 1.807) is 6.07 Å². The molecule has 3 heterocycles. The molecule has 0 atom stereocenters. The number of para-hydroxylation sites is 1. The number of benzene rings is 1. The van der Waals surface area contributed by atoms with Crippen molar-refractivity contribution in [1.82, 2.24) is 9.88 Å². The highest BCUT2D eigenvalue weighted by atomic mass is 16.3. The van der Waals surface area contributed by atoms with Gasteiger partial charge < -0.3 is 13.7 Å². The Balaban J connectivity index is 1.48. The monoisotopic (exact) mass is 310 g/mol. The minimum absolute atomic E-state index is 0.0330. The highest BCUT2D eigenvalue weighted by molar-refractivity contribution is 5.93. The Morgan fingerprint density at radius 1 is 1.26 bits per heavy atom. The smallest absolute Gasteiger partial charge is 0.257 e. The summed E-state index contributed by atoms with van der Waals surface area (Å²) in [7, 11) is 0. The van der Waals surface area contributed by atoms with Crippen LogP contribution in [0.4, 0.5) is 0 Å². The number of hydrogen-bond donors (Lipinski definition) is 0. The zero-order chi connectivity index (χ0) is 15.8. The number of oxazole rings is 1. The Labute approximate surface area is 133 Å². The predicted octanol–water partition coefficient (Wildman–Crippen LogP) is 3.75. The molecule has 4 rings (SSSR count). The molecule has 0 bridgehead atoms. The van der Waals surface area contributed by atoms with Crippen molar-refractivity contribution < 1.29 is 13.6 Å². The first kappa shape index (κ1) is 14.1. The molecule has 5 heteroatoms. The zero-order valence-corrected chi connectivity index (χ0v) is 13.0. The average molecular weight is 310 g/mol. The molecule has 1 aromatic carbocycles. The van der Waals surface area contributed by atoms with E-state index in [2.05, 4.69) is 4.98 Å². The van der Waals surface area contributed by atoms with E-state index in [4.69, 9.17) is 8.83 Å². The first-order chi connectivity index (χ1) is 11.2. The predicted molar refractivity (Wildman–Crippen MR) is 85.3 cm³/mol. The molecule has 5 nitrogen and oxygen atoms in total. The van der Waals surface area contributed by atoms with Crippen molar-refractivity contribution in [3.63, 3.8) is 0 Å². The maximum atomic E-state index is 12.3. The van der Waals surface area contributed by atoms with Gasteiger partial charge in [0.1, 0.15) is 11.8 Å². The van der Waals surface area contributed by atoms with E-state index in [0.29, 0.717) is 18.7 Å². The fourth-order valence-electron chi connectivity index (χ4n) is 3.18. The third-order valence-corrected chi connectivity index (χ3v) is 4.53. The molecular weight excluding hydrogens is 292 g/mol. The number of aromatic nitrogens is 1. The van der Waals surface area contributed by atoms with Gasteiger partial charge in [-0.25, -0.2) is 4.98 Å². The van der Waals surface area contributed by atoms with Crippen molar-refractivity contribution in [2.75, 3.05) is 13.1 Å². The number of carbonyl (C=O) groups is 1. The molecule has 118 valence electrons. The maximum absolute atomic E-state index is 12.3. The number of fused-ring (bicyclic) bond motifs is 1. The van der Waals surface area contributed by atoms with Gasteiger partial charge in [0.15, 0.2) is 11.5 Å². The van der Waals surface area contributed by atoms with Gasteiger partial charge >= 0.3 is 0 Å². The van der Waals surface area contributed by atoms with Crippen LogP contribution in [0.15, 0.2) is 45.6 Å². The summed E-state index contributed by atoms with van der Waals surface area (Å²) < 4.78 is 11.0. The van der Waals surface area contributed by atoms with Crippen molar-refractivity contribution in [1.29, 1.82) is 0 Å². The SMILES string of the molecule is Cc1cccc2nc(C3CCN(C(=O)c4ccoc4)CC3)oc12. The molecule has 1 fully saturated rings. The summed E-state index contributed by atoms with van der Waals surface area (Å²) in [5, 5.41) is 0. The molecule has 2 aromatic heterocycles. The molecule has 0 unspecified atom stereocenters. The molecule has 23 heavy (non-hydrogen) atoms. The van der Waals surface area contributed by atoms with Gasteiger partial charge in [0.2, 0.25) is 0 Å². The van der Waals surface area contributed by atoms with Crippen molar-refractivity contribution in [3.8, 4) is 0 Å². The Hall–Kier alpha value is -2.56. The molecule has 3 aromatic rings. The molecule has 1 aliphatic rings. The summed E-state index contributed by atoms with van der Waals surface area (Å²) in [6, 6.07) is 7.71. The van der Waals surface area contributed by atoms with E-state index in [1.807, 2.05) is 30.0 Å². The van der Waals surface area contributed by atoms with Crippen LogP contribution in [-0.4, -0.2) is 28.9 Å². The van der Waals surface area contributed by atoms with Gasteiger partial charge in [-0.1, -0.05) is 12.1 Å². The lowest BCUT2D eigenvalue weighted by molar-refractivity contribution is 0.0706. The molecular formula is C18H18N2O3. The minimum Gasteiger partial charge on any atom is -0.472 e. The number of hydrogen-bond acceptors (Lipinski definition) is 4. The number of likely N-dealkylation sites (tertiary alicyclic amines) is 1. The van der Waals surface area contributed by atoms with Crippen molar-refractivity contribution >= 4 is 17.0 Å². The molecule has 0 radical (unpaired) electrons. The normalized spacial score (nSPS) is 16.1. The van der Waals surface area contributed by atoms with E-state index in [1.165, 1.54) is 12.5 Å². The van der Waals surface area contributed by atoms with Gasteiger partial charge in [0, 0.05) is 19.0 Å². The Kier molecular flexibility index (Phi) is 3.41. The summed E-state index contributed by atoms with van der Waals surface area (Å²) in [6.45, 7) is 3.46. The average Bonchev–Trinajstić information content (AvgIpc) is 3.24. The van der Waals surface area contributed by atoms with Gasteiger partial charge in [-0.2, -0.15) is 0 Å². The summed E-state index contributed by atoms with van der Waals surface area (Å²) in [5.41, 5.74) is 3.51. The van der Waals surface area contributed by atoms with Crippen molar-refractivity contribution in [3.05, 3.63) is 53.8 Å². The molecule has 1 aliphatic heterocycles. The quantitative estimate of drug-likeness (QED) is 0.723. The second kappa shape index (κ2) is 5.57. The fourth-order valence-corrected chi connectivity index (χ4v) is 3.18. The summed E-state index contributed by atoms with van der Waals surface area (Å²) in [4.78, 5) is 18.8. The summed E-state index contributed by atoms with van der Waals surface area (Å²) >= 11 is 0. The van der Waals surface area contributed by atoms with Gasteiger partial charge in [0.25, 0.3) is 5.91 Å². The van der Waals surface area contributed by atoms with Crippen LogP contribution in [0, 0.1) is 6.92 Å². The first-order valence-corrected chi connectivity index (χ1v) is 7.90. The van der Waals surface area contributed by atoms with Crippen LogP contribution in [0.3, 0.4) is 0 Å². The van der Waals surface area contributed by atoms with Crippen LogP contribution >= 0.6 is 0 Å². The van der Waals surface area contributed by atoms with E-state index < -0.39 is 0 Å². The summed E-state index contributed by atoms with van der Waals surface area (Å²) in [6.07, 6.45) is 4.77. The molecule has 0 N–H and O–H groups in total. The van der Waals surface area contributed by atoms with Crippen LogP contribution in [-0.2, 0) is 0 Å². The minimum atomic E-state index is 0.0330. The Morgan fingerprint density at radius 2 is 2.09 bits per heavy atom. The van der Waals surface area contributed by atoms with Gasteiger partial charge in [-0.3, -0.25) is 4.79 Å². The number of aryl methyl sites for hydroxylation is 1. The standard InChI is InChI=1S/C18H18N2O3/c1-12-3-2-4-15-16(12)23-17(19-15)13-5-8-20(9-6-13)18(21)14-7-10-22-11-14/h2-4,7,10-11,13H,5-6,8-9H2,1H3. The molecule has 1 saturated heterocycles. The number of carbonyl (C=O) groups excluding carboxylic acids is 1. The maximum Gasteiger partial charge on any atom is 0.257 e. The lowest BCUT2D eigenvalue weighted by atomic mass is 9.96. The topological polar surface area (TPSA) is 59.5 Å². The molecule has 0 saturated carbocycles. The van der Waals surface area contributed by atoms with Crippen molar-refractivity contribution in [2.45, 2.75) is 25.7 Å². The van der Waals surface area contributed by atoms with Crippen LogP contribution < -0.4 is 0 Å².